The summed E-state index contributed by atoms with van der Waals surface area (Å²) in [5.41, 5.74) is 2.88. The zero-order chi connectivity index (χ0) is 17.9. The summed E-state index contributed by atoms with van der Waals surface area (Å²) in [5.74, 6) is 0.187. The lowest BCUT2D eigenvalue weighted by molar-refractivity contribution is 0.102. The average Bonchev–Trinajstić information content (AvgIpc) is 3.29. The number of imidazole rings is 1. The first-order valence-electron chi connectivity index (χ1n) is 8.50. The fraction of sp³-hybridized carbons (Fsp3) is 0.158. The second kappa shape index (κ2) is 6.79. The van der Waals surface area contributed by atoms with Gasteiger partial charge in [0.05, 0.1) is 22.9 Å². The Bertz CT molecular complexity index is 1050. The molecule has 0 atom stereocenters. The zero-order valence-corrected chi connectivity index (χ0v) is 14.3. The quantitative estimate of drug-likeness (QED) is 0.601. The Hall–Kier alpha value is -3.48. The van der Waals surface area contributed by atoms with E-state index >= 15 is 0 Å². The lowest BCUT2D eigenvalue weighted by Crippen LogP contribution is -2.17. The molecule has 0 aliphatic heterocycles. The van der Waals surface area contributed by atoms with Gasteiger partial charge in [0.1, 0.15) is 0 Å². The molecule has 7 heteroatoms. The van der Waals surface area contributed by atoms with E-state index in [9.17, 15) is 4.79 Å². The van der Waals surface area contributed by atoms with Crippen molar-refractivity contribution in [2.75, 3.05) is 5.32 Å². The maximum atomic E-state index is 12.6. The number of carbonyl (C=O) groups excluding carboxylic acids is 1. The first-order chi connectivity index (χ1) is 12.8. The van der Waals surface area contributed by atoms with Crippen molar-refractivity contribution in [3.8, 4) is 5.69 Å². The zero-order valence-electron chi connectivity index (χ0n) is 14.3. The van der Waals surface area contributed by atoms with E-state index < -0.39 is 0 Å². The molecule has 2 heterocycles. The number of hydrogen-bond acceptors (Lipinski definition) is 4. The molecule has 0 aliphatic rings. The van der Waals surface area contributed by atoms with Crippen molar-refractivity contribution in [1.82, 2.24) is 24.5 Å². The first kappa shape index (κ1) is 16.0. The Balaban J connectivity index is 1.62. The fourth-order valence-electron chi connectivity index (χ4n) is 2.84. The third-order valence-electron chi connectivity index (χ3n) is 4.04. The molecule has 26 heavy (non-hydrogen) atoms. The standard InChI is InChI=1S/C19H18N6O/c1-2-12-24-17-11-7-6-10-15(17)21-19(24)22-18(26)16-13-20-25(23-16)14-8-4-3-5-9-14/h3-11,13H,2,12H2,1H3,(H,21,22,26). The molecule has 0 aliphatic carbocycles. The van der Waals surface area contributed by atoms with E-state index in [-0.39, 0.29) is 11.6 Å². The molecule has 0 unspecified atom stereocenters. The van der Waals surface area contributed by atoms with Gasteiger partial charge in [0.25, 0.3) is 5.91 Å². The van der Waals surface area contributed by atoms with E-state index in [0.717, 1.165) is 29.7 Å². The van der Waals surface area contributed by atoms with Crippen LogP contribution in [0.1, 0.15) is 23.8 Å². The summed E-state index contributed by atoms with van der Waals surface area (Å²) < 4.78 is 2.01. The molecule has 2 aromatic heterocycles. The number of carbonyl (C=O) groups is 1. The molecular formula is C19H18N6O. The minimum Gasteiger partial charge on any atom is -0.310 e. The Labute approximate surface area is 150 Å². The summed E-state index contributed by atoms with van der Waals surface area (Å²) in [6.45, 7) is 2.86. The third kappa shape index (κ3) is 2.95. The highest BCUT2D eigenvalue weighted by Crippen LogP contribution is 2.20. The molecule has 0 bridgehead atoms. The second-order valence-corrected chi connectivity index (χ2v) is 5.88. The highest BCUT2D eigenvalue weighted by atomic mass is 16.2. The number of nitrogens with one attached hydrogen (secondary N) is 1. The number of para-hydroxylation sites is 3. The molecule has 0 saturated heterocycles. The van der Waals surface area contributed by atoms with Crippen LogP contribution in [0.25, 0.3) is 16.7 Å². The molecule has 0 fully saturated rings. The summed E-state index contributed by atoms with van der Waals surface area (Å²) in [6.07, 6.45) is 2.39. The number of rotatable bonds is 5. The van der Waals surface area contributed by atoms with Gasteiger partial charge in [-0.25, -0.2) is 4.98 Å². The van der Waals surface area contributed by atoms with Crippen LogP contribution in [0.2, 0.25) is 0 Å². The van der Waals surface area contributed by atoms with Gasteiger partial charge < -0.3 is 4.57 Å². The van der Waals surface area contributed by atoms with Gasteiger partial charge in [0, 0.05) is 6.54 Å². The fourth-order valence-corrected chi connectivity index (χ4v) is 2.84. The Kier molecular flexibility index (Phi) is 4.18. The number of hydrogen-bond donors (Lipinski definition) is 1. The molecule has 0 spiro atoms. The molecule has 1 amide bonds. The molecule has 7 nitrogen and oxygen atoms in total. The van der Waals surface area contributed by atoms with Gasteiger partial charge >= 0.3 is 0 Å². The molecule has 1 N–H and O–H groups in total. The number of amides is 1. The van der Waals surface area contributed by atoms with Crippen LogP contribution in [0.3, 0.4) is 0 Å². The van der Waals surface area contributed by atoms with Crippen molar-refractivity contribution < 1.29 is 4.79 Å². The van der Waals surface area contributed by atoms with E-state index in [1.54, 1.807) is 0 Å². The molecule has 4 rings (SSSR count). The van der Waals surface area contributed by atoms with Crippen molar-refractivity contribution in [2.45, 2.75) is 19.9 Å². The summed E-state index contributed by atoms with van der Waals surface area (Å²) >= 11 is 0. The van der Waals surface area contributed by atoms with Gasteiger partial charge in [0.15, 0.2) is 5.69 Å². The van der Waals surface area contributed by atoms with Crippen molar-refractivity contribution in [3.63, 3.8) is 0 Å². The van der Waals surface area contributed by atoms with E-state index in [1.165, 1.54) is 11.0 Å². The number of fused-ring (bicyclic) bond motifs is 1. The molecule has 0 saturated carbocycles. The van der Waals surface area contributed by atoms with Gasteiger partial charge in [-0.1, -0.05) is 37.3 Å². The minimum absolute atomic E-state index is 0.240. The highest BCUT2D eigenvalue weighted by molar-refractivity contribution is 6.02. The average molecular weight is 346 g/mol. The van der Waals surface area contributed by atoms with Crippen LogP contribution < -0.4 is 5.32 Å². The smallest absolute Gasteiger partial charge is 0.280 e. The van der Waals surface area contributed by atoms with E-state index in [0.29, 0.717) is 5.95 Å². The summed E-state index contributed by atoms with van der Waals surface area (Å²) in [5, 5.41) is 11.3. The lowest BCUT2D eigenvalue weighted by Gasteiger charge is -2.07. The molecule has 0 radical (unpaired) electrons. The van der Waals surface area contributed by atoms with E-state index in [2.05, 4.69) is 27.4 Å². The number of aryl methyl sites for hydroxylation is 1. The summed E-state index contributed by atoms with van der Waals surface area (Å²) in [4.78, 5) is 18.6. The van der Waals surface area contributed by atoms with Gasteiger partial charge in [-0.05, 0) is 30.7 Å². The van der Waals surface area contributed by atoms with Gasteiger partial charge in [-0.3, -0.25) is 10.1 Å². The third-order valence-corrected chi connectivity index (χ3v) is 4.04. The second-order valence-electron chi connectivity index (χ2n) is 5.88. The summed E-state index contributed by atoms with van der Waals surface area (Å²) in [6, 6.07) is 17.3. The van der Waals surface area contributed by atoms with Crippen molar-refractivity contribution in [1.29, 1.82) is 0 Å². The maximum Gasteiger partial charge on any atom is 0.280 e. The number of aromatic nitrogens is 5. The normalized spacial score (nSPS) is 11.0. The summed E-state index contributed by atoms with van der Waals surface area (Å²) in [7, 11) is 0. The minimum atomic E-state index is -0.333. The predicted molar refractivity (Wildman–Crippen MR) is 99.3 cm³/mol. The predicted octanol–water partition coefficient (Wildman–Crippen LogP) is 3.28. The Morgan fingerprint density at radius 2 is 1.85 bits per heavy atom. The van der Waals surface area contributed by atoms with Crippen LogP contribution in [-0.4, -0.2) is 30.5 Å². The van der Waals surface area contributed by atoms with Crippen LogP contribution >= 0.6 is 0 Å². The monoisotopic (exact) mass is 346 g/mol. The Morgan fingerprint density at radius 1 is 1.08 bits per heavy atom. The topological polar surface area (TPSA) is 77.6 Å². The van der Waals surface area contributed by atoms with Crippen molar-refractivity contribution >= 4 is 22.9 Å². The van der Waals surface area contributed by atoms with Crippen molar-refractivity contribution in [3.05, 3.63) is 66.5 Å². The van der Waals surface area contributed by atoms with Crippen LogP contribution in [0.4, 0.5) is 5.95 Å². The van der Waals surface area contributed by atoms with Gasteiger partial charge in [-0.2, -0.15) is 9.90 Å². The van der Waals surface area contributed by atoms with Crippen LogP contribution in [0.15, 0.2) is 60.8 Å². The van der Waals surface area contributed by atoms with E-state index in [1.807, 2.05) is 59.2 Å². The van der Waals surface area contributed by atoms with Crippen LogP contribution in [0, 0.1) is 0 Å². The molecule has 2 aromatic carbocycles. The van der Waals surface area contributed by atoms with Gasteiger partial charge in [-0.15, -0.1) is 5.10 Å². The van der Waals surface area contributed by atoms with E-state index in [4.69, 9.17) is 0 Å². The molecule has 130 valence electrons. The number of anilines is 1. The number of nitrogens with zero attached hydrogens (tertiary/aromatic N) is 5. The largest absolute Gasteiger partial charge is 0.310 e. The van der Waals surface area contributed by atoms with Crippen LogP contribution in [-0.2, 0) is 6.54 Å². The molecular weight excluding hydrogens is 328 g/mol. The number of benzene rings is 2. The lowest BCUT2D eigenvalue weighted by atomic mass is 10.3. The highest BCUT2D eigenvalue weighted by Gasteiger charge is 2.16. The molecule has 4 aromatic rings. The van der Waals surface area contributed by atoms with Gasteiger partial charge in [0.2, 0.25) is 5.95 Å². The Morgan fingerprint density at radius 3 is 2.65 bits per heavy atom. The van der Waals surface area contributed by atoms with Crippen LogP contribution in [0.5, 0.6) is 0 Å². The van der Waals surface area contributed by atoms with Crippen molar-refractivity contribution in [2.24, 2.45) is 0 Å². The maximum absolute atomic E-state index is 12.6. The SMILES string of the molecule is CCCn1c(NC(=O)c2cnn(-c3ccccc3)n2)nc2ccccc21. The first-order valence-corrected chi connectivity index (χ1v) is 8.50.